The minimum absolute atomic E-state index is 0.158. The molecule has 1 N–H and O–H groups in total. The van der Waals surface area contributed by atoms with Crippen LogP contribution in [-0.2, 0) is 10.0 Å². The van der Waals surface area contributed by atoms with Gasteiger partial charge in [0.2, 0.25) is 10.0 Å². The average Bonchev–Trinajstić information content (AvgIpc) is 2.64. The molecule has 2 aromatic rings. The molecule has 7 heteroatoms. The van der Waals surface area contributed by atoms with Gasteiger partial charge < -0.3 is 10.2 Å². The molecule has 0 fully saturated rings. The summed E-state index contributed by atoms with van der Waals surface area (Å²) >= 11 is 0. The SMILES string of the molecule is Cc1cc(C(=O)NCCCN(C)c2ccccc2)ccc1N(C)S(C)(=O)=O. The Morgan fingerprint density at radius 1 is 1.07 bits per heavy atom. The van der Waals surface area contributed by atoms with Gasteiger partial charge in [0.25, 0.3) is 5.91 Å². The predicted octanol–water partition coefficient (Wildman–Crippen LogP) is 2.65. The van der Waals surface area contributed by atoms with E-state index < -0.39 is 10.0 Å². The Morgan fingerprint density at radius 2 is 1.74 bits per heavy atom. The molecule has 0 aliphatic carbocycles. The fourth-order valence-electron chi connectivity index (χ4n) is 2.76. The Morgan fingerprint density at radius 3 is 2.33 bits per heavy atom. The first-order chi connectivity index (χ1) is 12.7. The van der Waals surface area contributed by atoms with Crippen molar-refractivity contribution in [1.29, 1.82) is 0 Å². The standard InChI is InChI=1S/C20H27N3O3S/c1-16-15-17(11-12-19(16)23(3)27(4,25)26)20(24)21-13-8-14-22(2)18-9-6-5-7-10-18/h5-7,9-12,15H,8,13-14H2,1-4H3,(H,21,24). The summed E-state index contributed by atoms with van der Waals surface area (Å²) in [7, 11) is 0.194. The Hall–Kier alpha value is -2.54. The molecule has 2 aromatic carbocycles. The first-order valence-corrected chi connectivity index (χ1v) is 10.6. The molecule has 0 radical (unpaired) electrons. The fraction of sp³-hybridized carbons (Fsp3) is 0.350. The topological polar surface area (TPSA) is 69.7 Å². The van der Waals surface area contributed by atoms with Crippen molar-refractivity contribution < 1.29 is 13.2 Å². The summed E-state index contributed by atoms with van der Waals surface area (Å²) in [5.74, 6) is -0.158. The quantitative estimate of drug-likeness (QED) is 0.705. The van der Waals surface area contributed by atoms with Gasteiger partial charge in [-0.1, -0.05) is 18.2 Å². The summed E-state index contributed by atoms with van der Waals surface area (Å²) in [6.45, 7) is 3.20. The lowest BCUT2D eigenvalue weighted by Crippen LogP contribution is -2.28. The zero-order chi connectivity index (χ0) is 20.0. The lowest BCUT2D eigenvalue weighted by Gasteiger charge is -2.20. The van der Waals surface area contributed by atoms with E-state index in [1.165, 1.54) is 11.4 Å². The van der Waals surface area contributed by atoms with E-state index in [-0.39, 0.29) is 5.91 Å². The number of amides is 1. The Balaban J connectivity index is 1.88. The van der Waals surface area contributed by atoms with Crippen LogP contribution in [0, 0.1) is 6.92 Å². The highest BCUT2D eigenvalue weighted by Crippen LogP contribution is 2.22. The van der Waals surface area contributed by atoms with Crippen LogP contribution in [0.2, 0.25) is 0 Å². The summed E-state index contributed by atoms with van der Waals surface area (Å²) in [4.78, 5) is 14.5. The van der Waals surface area contributed by atoms with Gasteiger partial charge in [-0.2, -0.15) is 0 Å². The molecule has 0 saturated heterocycles. The summed E-state index contributed by atoms with van der Waals surface area (Å²) in [6, 6.07) is 15.1. The monoisotopic (exact) mass is 389 g/mol. The van der Waals surface area contributed by atoms with Gasteiger partial charge in [-0.05, 0) is 49.2 Å². The zero-order valence-electron chi connectivity index (χ0n) is 16.3. The Labute approximate surface area is 161 Å². The highest BCUT2D eigenvalue weighted by molar-refractivity contribution is 7.92. The Kier molecular flexibility index (Phi) is 6.85. The molecule has 0 aliphatic rings. The fourth-order valence-corrected chi connectivity index (χ4v) is 3.32. The normalized spacial score (nSPS) is 11.1. The van der Waals surface area contributed by atoms with Gasteiger partial charge in [-0.15, -0.1) is 0 Å². The molecule has 0 bridgehead atoms. The van der Waals surface area contributed by atoms with Crippen molar-refractivity contribution in [3.63, 3.8) is 0 Å². The number of anilines is 2. The third-order valence-electron chi connectivity index (χ3n) is 4.45. The van der Waals surface area contributed by atoms with Crippen molar-refractivity contribution >= 4 is 27.3 Å². The number of nitrogens with one attached hydrogen (secondary N) is 1. The van der Waals surface area contributed by atoms with Crippen LogP contribution in [0.25, 0.3) is 0 Å². The number of hydrogen-bond donors (Lipinski definition) is 1. The molecule has 0 heterocycles. The van der Waals surface area contributed by atoms with Gasteiger partial charge in [0.1, 0.15) is 0 Å². The van der Waals surface area contributed by atoms with Crippen LogP contribution >= 0.6 is 0 Å². The van der Waals surface area contributed by atoms with Gasteiger partial charge >= 0.3 is 0 Å². The minimum atomic E-state index is -3.33. The third kappa shape index (κ3) is 5.72. The smallest absolute Gasteiger partial charge is 0.251 e. The first kappa shape index (κ1) is 20.8. The van der Waals surface area contributed by atoms with E-state index in [9.17, 15) is 13.2 Å². The van der Waals surface area contributed by atoms with E-state index in [2.05, 4.69) is 22.3 Å². The van der Waals surface area contributed by atoms with E-state index in [1.54, 1.807) is 25.1 Å². The van der Waals surface area contributed by atoms with Crippen LogP contribution in [0.15, 0.2) is 48.5 Å². The number of nitrogens with zero attached hydrogens (tertiary/aromatic N) is 2. The average molecular weight is 390 g/mol. The van der Waals surface area contributed by atoms with Crippen LogP contribution in [0.3, 0.4) is 0 Å². The second-order valence-corrected chi connectivity index (χ2v) is 8.61. The Bertz CT molecular complexity index is 883. The van der Waals surface area contributed by atoms with E-state index in [4.69, 9.17) is 0 Å². The molecule has 2 rings (SSSR count). The molecule has 0 unspecified atom stereocenters. The molecular weight excluding hydrogens is 362 g/mol. The van der Waals surface area contributed by atoms with Crippen LogP contribution in [0.4, 0.5) is 11.4 Å². The highest BCUT2D eigenvalue weighted by atomic mass is 32.2. The van der Waals surface area contributed by atoms with E-state index >= 15 is 0 Å². The summed E-state index contributed by atoms with van der Waals surface area (Å²) in [5, 5.41) is 2.91. The second kappa shape index (κ2) is 8.90. The van der Waals surface area contributed by atoms with Gasteiger partial charge in [-0.25, -0.2) is 8.42 Å². The lowest BCUT2D eigenvalue weighted by atomic mass is 10.1. The number of aryl methyl sites for hydroxylation is 1. The lowest BCUT2D eigenvalue weighted by molar-refractivity contribution is 0.0953. The molecule has 0 spiro atoms. The summed E-state index contributed by atoms with van der Waals surface area (Å²) in [5.41, 5.74) is 2.97. The van der Waals surface area contributed by atoms with Crippen molar-refractivity contribution in [3.8, 4) is 0 Å². The minimum Gasteiger partial charge on any atom is -0.375 e. The van der Waals surface area contributed by atoms with Gasteiger partial charge in [-0.3, -0.25) is 9.10 Å². The second-order valence-electron chi connectivity index (χ2n) is 6.60. The third-order valence-corrected chi connectivity index (χ3v) is 5.64. The molecule has 0 aliphatic heterocycles. The number of para-hydroxylation sites is 1. The van der Waals surface area contributed by atoms with Crippen LogP contribution in [0.5, 0.6) is 0 Å². The van der Waals surface area contributed by atoms with Crippen LogP contribution in [0.1, 0.15) is 22.3 Å². The zero-order valence-corrected chi connectivity index (χ0v) is 17.1. The van der Waals surface area contributed by atoms with Gasteiger partial charge in [0.15, 0.2) is 0 Å². The molecule has 0 saturated carbocycles. The van der Waals surface area contributed by atoms with Gasteiger partial charge in [0, 0.05) is 38.4 Å². The van der Waals surface area contributed by atoms with E-state index in [0.717, 1.165) is 30.5 Å². The van der Waals surface area contributed by atoms with Crippen molar-refractivity contribution in [2.45, 2.75) is 13.3 Å². The number of rotatable bonds is 8. The number of hydrogen-bond acceptors (Lipinski definition) is 4. The number of sulfonamides is 1. The first-order valence-electron chi connectivity index (χ1n) is 8.79. The largest absolute Gasteiger partial charge is 0.375 e. The maximum absolute atomic E-state index is 12.3. The summed E-state index contributed by atoms with van der Waals surface area (Å²) < 4.78 is 24.6. The number of benzene rings is 2. The van der Waals surface area contributed by atoms with Gasteiger partial charge in [0.05, 0.1) is 11.9 Å². The van der Waals surface area contributed by atoms with Crippen molar-refractivity contribution in [2.75, 3.05) is 42.6 Å². The van der Waals surface area contributed by atoms with E-state index in [1.807, 2.05) is 25.2 Å². The molecule has 0 atom stereocenters. The maximum atomic E-state index is 12.3. The summed E-state index contributed by atoms with van der Waals surface area (Å²) in [6.07, 6.45) is 1.98. The van der Waals surface area contributed by atoms with Crippen molar-refractivity contribution in [2.24, 2.45) is 0 Å². The number of carbonyl (C=O) groups is 1. The molecular formula is C20H27N3O3S. The van der Waals surface area contributed by atoms with Crippen LogP contribution in [-0.4, -0.2) is 47.8 Å². The van der Waals surface area contributed by atoms with Crippen molar-refractivity contribution in [1.82, 2.24) is 5.32 Å². The highest BCUT2D eigenvalue weighted by Gasteiger charge is 2.15. The molecule has 1 amide bonds. The molecule has 0 aromatic heterocycles. The van der Waals surface area contributed by atoms with E-state index in [0.29, 0.717) is 17.8 Å². The molecule has 146 valence electrons. The molecule has 6 nitrogen and oxygen atoms in total. The molecule has 27 heavy (non-hydrogen) atoms. The predicted molar refractivity (Wildman–Crippen MR) is 111 cm³/mol. The van der Waals surface area contributed by atoms with Crippen molar-refractivity contribution in [3.05, 3.63) is 59.7 Å². The number of carbonyl (C=O) groups excluding carboxylic acids is 1. The van der Waals surface area contributed by atoms with Crippen LogP contribution < -0.4 is 14.5 Å². The maximum Gasteiger partial charge on any atom is 0.251 e.